The first kappa shape index (κ1) is 18.8. The van der Waals surface area contributed by atoms with Crippen LogP contribution in [0.3, 0.4) is 0 Å². The Kier molecular flexibility index (Phi) is 5.41. The quantitative estimate of drug-likeness (QED) is 0.783. The number of benzene rings is 1. The van der Waals surface area contributed by atoms with Crippen molar-refractivity contribution in [3.63, 3.8) is 0 Å². The predicted octanol–water partition coefficient (Wildman–Crippen LogP) is 1.78. The zero-order chi connectivity index (χ0) is 19.6. The van der Waals surface area contributed by atoms with Crippen LogP contribution in [0.2, 0.25) is 0 Å². The van der Waals surface area contributed by atoms with Crippen LogP contribution in [0.4, 0.5) is 14.5 Å². The summed E-state index contributed by atoms with van der Waals surface area (Å²) in [7, 11) is 0. The van der Waals surface area contributed by atoms with Gasteiger partial charge in [-0.2, -0.15) is 14.0 Å². The highest BCUT2D eigenvalue weighted by Crippen LogP contribution is 2.31. The van der Waals surface area contributed by atoms with Gasteiger partial charge in [-0.25, -0.2) is 9.36 Å². The van der Waals surface area contributed by atoms with Gasteiger partial charge in [-0.1, -0.05) is 23.9 Å². The molecular weight excluding hydrogens is 378 g/mol. The first-order valence-electron chi connectivity index (χ1n) is 8.02. The summed E-state index contributed by atoms with van der Waals surface area (Å²) in [6.07, 6.45) is 1.09. The molecule has 0 aliphatic carbocycles. The number of nitriles is 1. The van der Waals surface area contributed by atoms with E-state index in [0.717, 1.165) is 0 Å². The molecule has 7 nitrogen and oxygen atoms in total. The molecule has 1 aromatic carbocycles. The first-order chi connectivity index (χ1) is 12.9. The summed E-state index contributed by atoms with van der Waals surface area (Å²) in [6.45, 7) is -0.237. The third kappa shape index (κ3) is 3.78. The van der Waals surface area contributed by atoms with Gasteiger partial charge in [0.1, 0.15) is 18.2 Å². The third-order valence-corrected chi connectivity index (χ3v) is 4.91. The summed E-state index contributed by atoms with van der Waals surface area (Å²) in [5.74, 6) is -3.39. The topological polar surface area (TPSA) is 96.9 Å². The van der Waals surface area contributed by atoms with E-state index in [2.05, 4.69) is 5.32 Å². The van der Waals surface area contributed by atoms with Crippen molar-refractivity contribution >= 4 is 23.4 Å². The number of anilines is 1. The standard InChI is InChI=1S/C17H14F2N4O3S/c18-16(19)27-13-6-2-1-4-11(13)21-14(24)9-23-15(25)10(8-20)12-5-3-7-22(12)17(23)26/h1-2,4,6,16H,3,5,7,9H2,(H,21,24). The number of rotatable bonds is 5. The van der Waals surface area contributed by atoms with Gasteiger partial charge in [-0.3, -0.25) is 14.2 Å². The maximum absolute atomic E-state index is 12.6. The van der Waals surface area contributed by atoms with Gasteiger partial charge in [0.05, 0.1) is 5.69 Å². The lowest BCUT2D eigenvalue weighted by Gasteiger charge is -2.13. The van der Waals surface area contributed by atoms with E-state index in [-0.39, 0.29) is 27.9 Å². The number of thioether (sulfide) groups is 1. The van der Waals surface area contributed by atoms with Crippen LogP contribution in [0.25, 0.3) is 0 Å². The first-order valence-corrected chi connectivity index (χ1v) is 8.90. The lowest BCUT2D eigenvalue weighted by molar-refractivity contribution is -0.116. The number of halogens is 2. The number of carbonyl (C=O) groups excluding carboxylic acids is 1. The minimum Gasteiger partial charge on any atom is -0.324 e. The second-order valence-electron chi connectivity index (χ2n) is 5.79. The molecule has 0 unspecified atom stereocenters. The van der Waals surface area contributed by atoms with Crippen LogP contribution in [0, 0.1) is 11.3 Å². The SMILES string of the molecule is N#Cc1c2n(c(=O)n(CC(=O)Nc3ccccc3SC(F)F)c1=O)CCC2. The fraction of sp³-hybridized carbons (Fsp3) is 0.294. The molecule has 0 spiro atoms. The van der Waals surface area contributed by atoms with Gasteiger partial charge < -0.3 is 5.32 Å². The van der Waals surface area contributed by atoms with E-state index in [4.69, 9.17) is 0 Å². The highest BCUT2D eigenvalue weighted by atomic mass is 32.2. The van der Waals surface area contributed by atoms with Crippen LogP contribution in [-0.2, 0) is 24.3 Å². The molecule has 3 rings (SSSR count). The van der Waals surface area contributed by atoms with Crippen molar-refractivity contribution in [2.24, 2.45) is 0 Å². The fourth-order valence-corrected chi connectivity index (χ4v) is 3.59. The van der Waals surface area contributed by atoms with E-state index in [9.17, 15) is 28.4 Å². The lowest BCUT2D eigenvalue weighted by atomic mass is 10.2. The minimum absolute atomic E-state index is 0.145. The van der Waals surface area contributed by atoms with Crippen LogP contribution in [0.5, 0.6) is 0 Å². The Bertz CT molecular complexity index is 1060. The van der Waals surface area contributed by atoms with Crippen molar-refractivity contribution in [1.82, 2.24) is 9.13 Å². The molecule has 0 radical (unpaired) electrons. The van der Waals surface area contributed by atoms with E-state index in [1.165, 1.54) is 16.7 Å². The Hall–Kier alpha value is -2.93. The summed E-state index contributed by atoms with van der Waals surface area (Å²) in [4.78, 5) is 37.4. The number of hydrogen-bond donors (Lipinski definition) is 1. The highest BCUT2D eigenvalue weighted by Gasteiger charge is 2.23. The molecule has 27 heavy (non-hydrogen) atoms. The number of aromatic nitrogens is 2. The molecule has 2 heterocycles. The van der Waals surface area contributed by atoms with Gasteiger partial charge in [0, 0.05) is 17.1 Å². The normalized spacial score (nSPS) is 12.7. The number of fused-ring (bicyclic) bond motifs is 1. The molecule has 0 bridgehead atoms. The van der Waals surface area contributed by atoms with Crippen molar-refractivity contribution in [1.29, 1.82) is 5.26 Å². The number of nitrogens with one attached hydrogen (secondary N) is 1. The molecule has 10 heteroatoms. The zero-order valence-electron chi connectivity index (χ0n) is 13.9. The molecule has 2 aromatic rings. The molecule has 0 atom stereocenters. The summed E-state index contributed by atoms with van der Waals surface area (Å²) in [5, 5.41) is 11.7. The molecular formula is C17H14F2N4O3S. The smallest absolute Gasteiger partial charge is 0.324 e. The maximum Gasteiger partial charge on any atom is 0.331 e. The Morgan fingerprint density at radius 1 is 1.33 bits per heavy atom. The Morgan fingerprint density at radius 2 is 2.07 bits per heavy atom. The highest BCUT2D eigenvalue weighted by molar-refractivity contribution is 7.99. The summed E-state index contributed by atoms with van der Waals surface area (Å²) in [5.41, 5.74) is -1.07. The second kappa shape index (κ2) is 7.75. The van der Waals surface area contributed by atoms with Crippen molar-refractivity contribution in [3.8, 4) is 6.07 Å². The van der Waals surface area contributed by atoms with Crippen molar-refractivity contribution in [2.75, 3.05) is 5.32 Å². The lowest BCUT2D eigenvalue weighted by Crippen LogP contribution is -2.44. The van der Waals surface area contributed by atoms with Crippen molar-refractivity contribution in [2.45, 2.75) is 36.6 Å². The average molecular weight is 392 g/mol. The fourth-order valence-electron chi connectivity index (χ4n) is 2.99. The van der Waals surface area contributed by atoms with Crippen LogP contribution in [-0.4, -0.2) is 20.8 Å². The van der Waals surface area contributed by atoms with Gasteiger partial charge in [0.15, 0.2) is 0 Å². The molecule has 0 fully saturated rings. The number of nitrogens with zero attached hydrogens (tertiary/aromatic N) is 3. The molecule has 0 saturated carbocycles. The number of carbonyl (C=O) groups is 1. The zero-order valence-corrected chi connectivity index (χ0v) is 14.8. The molecule has 0 saturated heterocycles. The van der Waals surface area contributed by atoms with E-state index in [1.54, 1.807) is 18.2 Å². The summed E-state index contributed by atoms with van der Waals surface area (Å²) < 4.78 is 27.3. The van der Waals surface area contributed by atoms with Gasteiger partial charge >= 0.3 is 5.69 Å². The Labute approximate surface area is 156 Å². The monoisotopic (exact) mass is 392 g/mol. The number of alkyl halides is 2. The Morgan fingerprint density at radius 3 is 2.78 bits per heavy atom. The molecule has 1 amide bonds. The van der Waals surface area contributed by atoms with Gasteiger partial charge in [0.2, 0.25) is 5.91 Å². The third-order valence-electron chi connectivity index (χ3n) is 4.12. The van der Waals surface area contributed by atoms with Crippen LogP contribution < -0.4 is 16.6 Å². The largest absolute Gasteiger partial charge is 0.331 e. The van der Waals surface area contributed by atoms with Gasteiger partial charge in [-0.15, -0.1) is 0 Å². The van der Waals surface area contributed by atoms with E-state index >= 15 is 0 Å². The predicted molar refractivity (Wildman–Crippen MR) is 94.9 cm³/mol. The molecule has 1 aliphatic heterocycles. The van der Waals surface area contributed by atoms with Gasteiger partial charge in [0.25, 0.3) is 11.3 Å². The average Bonchev–Trinajstić information content (AvgIpc) is 3.10. The number of para-hydroxylation sites is 1. The van der Waals surface area contributed by atoms with E-state index in [1.807, 2.05) is 0 Å². The summed E-state index contributed by atoms with van der Waals surface area (Å²) >= 11 is 0.277. The van der Waals surface area contributed by atoms with E-state index < -0.39 is 29.5 Å². The molecule has 1 aliphatic rings. The number of hydrogen-bond acceptors (Lipinski definition) is 5. The van der Waals surface area contributed by atoms with Crippen LogP contribution >= 0.6 is 11.8 Å². The minimum atomic E-state index is -2.66. The molecule has 1 N–H and O–H groups in total. The maximum atomic E-state index is 12.6. The second-order valence-corrected chi connectivity index (χ2v) is 6.82. The van der Waals surface area contributed by atoms with Gasteiger partial charge in [-0.05, 0) is 25.0 Å². The molecule has 140 valence electrons. The van der Waals surface area contributed by atoms with Crippen LogP contribution in [0.1, 0.15) is 17.7 Å². The van der Waals surface area contributed by atoms with E-state index in [0.29, 0.717) is 29.6 Å². The molecule has 1 aromatic heterocycles. The Balaban J connectivity index is 1.90. The summed E-state index contributed by atoms with van der Waals surface area (Å²) in [6, 6.07) is 7.80. The van der Waals surface area contributed by atoms with Crippen molar-refractivity contribution in [3.05, 3.63) is 56.4 Å². The van der Waals surface area contributed by atoms with Crippen molar-refractivity contribution < 1.29 is 13.6 Å². The van der Waals surface area contributed by atoms with Crippen LogP contribution in [0.15, 0.2) is 38.8 Å². The number of amides is 1.